The number of aromatic nitrogens is 1. The number of hydrogen-bond donors (Lipinski definition) is 1. The molecule has 27 heavy (non-hydrogen) atoms. The molecule has 0 unspecified atom stereocenters. The van der Waals surface area contributed by atoms with Gasteiger partial charge in [0.25, 0.3) is 5.91 Å². The van der Waals surface area contributed by atoms with Crippen LogP contribution in [0, 0.1) is 0 Å². The number of carbonyl (C=O) groups is 2. The van der Waals surface area contributed by atoms with Crippen molar-refractivity contribution in [3.8, 4) is 0 Å². The van der Waals surface area contributed by atoms with Gasteiger partial charge < -0.3 is 10.1 Å². The molecule has 0 saturated carbocycles. The Balaban J connectivity index is 1.65. The summed E-state index contributed by atoms with van der Waals surface area (Å²) in [7, 11) is -3.45. The molecule has 3 rings (SSSR count). The predicted octanol–water partition coefficient (Wildman–Crippen LogP) is 3.15. The minimum absolute atomic E-state index is 0.0112. The van der Waals surface area contributed by atoms with Crippen molar-refractivity contribution in [1.82, 2.24) is 4.98 Å². The van der Waals surface area contributed by atoms with Gasteiger partial charge in [-0.1, -0.05) is 11.6 Å². The van der Waals surface area contributed by atoms with Crippen LogP contribution in [0.3, 0.4) is 0 Å². The van der Waals surface area contributed by atoms with Crippen LogP contribution in [0.25, 0.3) is 10.2 Å². The summed E-state index contributed by atoms with van der Waals surface area (Å²) in [6, 6.07) is 8.84. The second-order valence-electron chi connectivity index (χ2n) is 5.57. The zero-order valence-corrected chi connectivity index (χ0v) is 16.3. The molecule has 0 bridgehead atoms. The summed E-state index contributed by atoms with van der Waals surface area (Å²) in [4.78, 5) is 28.3. The van der Waals surface area contributed by atoms with Crippen molar-refractivity contribution in [1.29, 1.82) is 0 Å². The lowest BCUT2D eigenvalue weighted by Gasteiger charge is -2.09. The Bertz CT molecular complexity index is 1140. The Hall–Kier alpha value is -2.49. The molecular formula is C17H13ClN2O5S2. The lowest BCUT2D eigenvalue weighted by molar-refractivity contribution is -0.119. The number of halogens is 1. The largest absolute Gasteiger partial charge is 0.452 e. The number of carbonyl (C=O) groups excluding carboxylic acids is 2. The first-order valence-corrected chi connectivity index (χ1v) is 10.7. The van der Waals surface area contributed by atoms with Crippen molar-refractivity contribution in [2.45, 2.75) is 4.90 Å². The van der Waals surface area contributed by atoms with Crippen LogP contribution in [0.1, 0.15) is 10.4 Å². The zero-order valence-electron chi connectivity index (χ0n) is 13.9. The first-order chi connectivity index (χ1) is 12.7. The second kappa shape index (κ2) is 7.63. The molecule has 0 spiro atoms. The highest BCUT2D eigenvalue weighted by atomic mass is 35.5. The number of ether oxygens (including phenoxy) is 1. The van der Waals surface area contributed by atoms with Gasteiger partial charge in [0, 0.05) is 6.26 Å². The Morgan fingerprint density at radius 2 is 2.00 bits per heavy atom. The van der Waals surface area contributed by atoms with E-state index >= 15 is 0 Å². The average molecular weight is 425 g/mol. The van der Waals surface area contributed by atoms with Gasteiger partial charge in [0.15, 0.2) is 16.4 Å². The minimum Gasteiger partial charge on any atom is -0.452 e. The third-order valence-corrected chi connectivity index (χ3v) is 5.77. The third-order valence-electron chi connectivity index (χ3n) is 3.54. The highest BCUT2D eigenvalue weighted by molar-refractivity contribution is 7.90. The molecule has 0 aliphatic rings. The summed E-state index contributed by atoms with van der Waals surface area (Å²) in [5.41, 5.74) is 2.86. The van der Waals surface area contributed by atoms with Gasteiger partial charge in [-0.2, -0.15) is 0 Å². The maximum absolute atomic E-state index is 12.1. The molecule has 1 N–H and O–H groups in total. The highest BCUT2D eigenvalue weighted by Crippen LogP contribution is 2.25. The van der Waals surface area contributed by atoms with E-state index < -0.39 is 28.3 Å². The molecular weight excluding hydrogens is 412 g/mol. The van der Waals surface area contributed by atoms with Crippen LogP contribution in [0.15, 0.2) is 46.8 Å². The molecule has 10 heteroatoms. The number of benzene rings is 2. The fraction of sp³-hybridized carbons (Fsp3) is 0.118. The SMILES string of the molecule is CS(=O)(=O)c1ccc(Cl)c(NC(=O)COC(=O)c2ccc3ncsc3c2)c1. The van der Waals surface area contributed by atoms with E-state index in [9.17, 15) is 18.0 Å². The van der Waals surface area contributed by atoms with Crippen LogP contribution >= 0.6 is 22.9 Å². The van der Waals surface area contributed by atoms with Gasteiger partial charge in [-0.25, -0.2) is 18.2 Å². The molecule has 0 radical (unpaired) electrons. The van der Waals surface area contributed by atoms with Gasteiger partial charge >= 0.3 is 5.97 Å². The number of fused-ring (bicyclic) bond motifs is 1. The number of sulfone groups is 1. The number of anilines is 1. The van der Waals surface area contributed by atoms with Gasteiger partial charge in [-0.3, -0.25) is 4.79 Å². The number of thiazole rings is 1. The predicted molar refractivity (Wildman–Crippen MR) is 103 cm³/mol. The number of hydrogen-bond acceptors (Lipinski definition) is 7. The average Bonchev–Trinajstić information content (AvgIpc) is 3.08. The number of esters is 1. The zero-order chi connectivity index (χ0) is 19.6. The fourth-order valence-electron chi connectivity index (χ4n) is 2.21. The van der Waals surface area contributed by atoms with Crippen LogP contribution in [0.5, 0.6) is 0 Å². The first-order valence-electron chi connectivity index (χ1n) is 7.54. The topological polar surface area (TPSA) is 102 Å². The van der Waals surface area contributed by atoms with Crippen LogP contribution in [-0.2, 0) is 19.4 Å². The Kier molecular flexibility index (Phi) is 5.45. The summed E-state index contributed by atoms with van der Waals surface area (Å²) < 4.78 is 29.0. The number of nitrogens with one attached hydrogen (secondary N) is 1. The lowest BCUT2D eigenvalue weighted by Crippen LogP contribution is -2.21. The summed E-state index contributed by atoms with van der Waals surface area (Å²) in [5, 5.41) is 2.60. The molecule has 0 atom stereocenters. The molecule has 0 fully saturated rings. The van der Waals surface area contributed by atoms with Crippen LogP contribution in [0.2, 0.25) is 5.02 Å². The molecule has 1 amide bonds. The maximum atomic E-state index is 12.1. The van der Waals surface area contributed by atoms with Crippen molar-refractivity contribution in [2.75, 3.05) is 18.2 Å². The van der Waals surface area contributed by atoms with E-state index in [4.69, 9.17) is 16.3 Å². The quantitative estimate of drug-likeness (QED) is 0.631. The molecule has 1 heterocycles. The molecule has 0 aliphatic heterocycles. The van der Waals surface area contributed by atoms with Crippen molar-refractivity contribution < 1.29 is 22.7 Å². The van der Waals surface area contributed by atoms with Crippen LogP contribution < -0.4 is 5.32 Å². The second-order valence-corrected chi connectivity index (χ2v) is 8.88. The van der Waals surface area contributed by atoms with E-state index in [2.05, 4.69) is 10.3 Å². The van der Waals surface area contributed by atoms with E-state index in [1.54, 1.807) is 23.7 Å². The van der Waals surface area contributed by atoms with E-state index in [0.29, 0.717) is 5.56 Å². The van der Waals surface area contributed by atoms with Gasteiger partial charge in [0.05, 0.1) is 36.9 Å². The normalized spacial score (nSPS) is 11.3. The summed E-state index contributed by atoms with van der Waals surface area (Å²) in [6.45, 7) is -0.543. The smallest absolute Gasteiger partial charge is 0.338 e. The van der Waals surface area contributed by atoms with E-state index in [-0.39, 0.29) is 15.6 Å². The monoisotopic (exact) mass is 424 g/mol. The molecule has 140 valence electrons. The van der Waals surface area contributed by atoms with Gasteiger partial charge in [-0.05, 0) is 36.4 Å². The highest BCUT2D eigenvalue weighted by Gasteiger charge is 2.15. The molecule has 3 aromatic rings. The van der Waals surface area contributed by atoms with Gasteiger partial charge in [0.2, 0.25) is 0 Å². The number of amides is 1. The van der Waals surface area contributed by atoms with E-state index in [1.165, 1.54) is 29.5 Å². The number of nitrogens with zero attached hydrogens (tertiary/aromatic N) is 1. The minimum atomic E-state index is -3.45. The number of rotatable bonds is 5. The molecule has 7 nitrogen and oxygen atoms in total. The summed E-state index contributed by atoms with van der Waals surface area (Å²) in [5.74, 6) is -1.30. The fourth-order valence-corrected chi connectivity index (χ4v) is 3.74. The Morgan fingerprint density at radius 1 is 1.22 bits per heavy atom. The van der Waals surface area contributed by atoms with Crippen molar-refractivity contribution in [3.63, 3.8) is 0 Å². The van der Waals surface area contributed by atoms with Crippen LogP contribution in [-0.4, -0.2) is 38.1 Å². The van der Waals surface area contributed by atoms with Crippen molar-refractivity contribution in [3.05, 3.63) is 52.5 Å². The Morgan fingerprint density at radius 3 is 2.74 bits per heavy atom. The third kappa shape index (κ3) is 4.62. The molecule has 1 aromatic heterocycles. The van der Waals surface area contributed by atoms with E-state index in [0.717, 1.165) is 16.5 Å². The lowest BCUT2D eigenvalue weighted by atomic mass is 10.2. The molecule has 2 aromatic carbocycles. The first kappa shape index (κ1) is 19.3. The molecule has 0 aliphatic carbocycles. The standard InChI is InChI=1S/C17H13ClN2O5S2/c1-27(23,24)11-3-4-12(18)14(7-11)20-16(21)8-25-17(22)10-2-5-13-15(6-10)26-9-19-13/h2-7,9H,8H2,1H3,(H,20,21). The van der Waals surface area contributed by atoms with Crippen LogP contribution in [0.4, 0.5) is 5.69 Å². The summed E-state index contributed by atoms with van der Waals surface area (Å²) in [6.07, 6.45) is 1.05. The van der Waals surface area contributed by atoms with E-state index in [1.807, 2.05) is 0 Å². The summed E-state index contributed by atoms with van der Waals surface area (Å²) >= 11 is 7.36. The molecule has 0 saturated heterocycles. The Labute approximate surface area is 163 Å². The van der Waals surface area contributed by atoms with Gasteiger partial charge in [-0.15, -0.1) is 11.3 Å². The van der Waals surface area contributed by atoms with Crippen molar-refractivity contribution >= 4 is 60.6 Å². The van der Waals surface area contributed by atoms with Crippen molar-refractivity contribution in [2.24, 2.45) is 0 Å². The van der Waals surface area contributed by atoms with Gasteiger partial charge in [0.1, 0.15) is 0 Å². The maximum Gasteiger partial charge on any atom is 0.338 e.